The molecule has 2 N–H and O–H groups in total. The minimum atomic E-state index is -0.678. The summed E-state index contributed by atoms with van der Waals surface area (Å²) in [4.78, 5) is 0. The summed E-state index contributed by atoms with van der Waals surface area (Å²) >= 11 is 0. The number of aliphatic hydroxyl groups excluding tert-OH is 1. The summed E-state index contributed by atoms with van der Waals surface area (Å²) < 4.78 is 0. The average Bonchev–Trinajstić information content (AvgIpc) is 2.99. The fraction of sp³-hybridized carbons (Fsp3) is 0.933. The Morgan fingerprint density at radius 3 is 2.06 bits per heavy atom. The molecule has 32 heavy (non-hydrogen) atoms. The molecule has 0 aromatic rings. The summed E-state index contributed by atoms with van der Waals surface area (Å²) in [6.45, 7) is 21.4. The van der Waals surface area contributed by atoms with E-state index in [0.717, 1.165) is 30.8 Å². The third kappa shape index (κ3) is 2.55. The molecule has 5 rings (SSSR count). The Morgan fingerprint density at radius 1 is 0.750 bits per heavy atom. The van der Waals surface area contributed by atoms with Crippen LogP contribution in [0, 0.1) is 50.7 Å². The van der Waals surface area contributed by atoms with E-state index in [0.29, 0.717) is 28.6 Å². The van der Waals surface area contributed by atoms with Crippen LogP contribution in [0.3, 0.4) is 0 Å². The molecule has 10 atom stereocenters. The zero-order valence-corrected chi connectivity index (χ0v) is 22.1. The van der Waals surface area contributed by atoms with Gasteiger partial charge < -0.3 is 10.2 Å². The minimum Gasteiger partial charge on any atom is -0.393 e. The quantitative estimate of drug-likeness (QED) is 0.424. The fourth-order valence-corrected chi connectivity index (χ4v) is 11.5. The SMILES string of the molecule is C=C(C)[C@@]1(O)CC[C@@]2(C)CC[C@]3(C)[C@H](CC[C@@H]4[C@@]5(C)CC[C@H](O)C(C)(C)[C@@H]5CC[C@]43C)[C@H]21. The maximum absolute atomic E-state index is 12.0. The first kappa shape index (κ1) is 23.4. The van der Waals surface area contributed by atoms with Gasteiger partial charge in [-0.1, -0.05) is 48.1 Å². The molecule has 0 spiro atoms. The third-order valence-electron chi connectivity index (χ3n) is 13.6. The number of aliphatic hydroxyl groups is 2. The smallest absolute Gasteiger partial charge is 0.0887 e. The summed E-state index contributed by atoms with van der Waals surface area (Å²) in [5.74, 6) is 2.29. The summed E-state index contributed by atoms with van der Waals surface area (Å²) in [7, 11) is 0. The predicted octanol–water partition coefficient (Wildman–Crippen LogP) is 7.14. The molecule has 2 heteroatoms. The third-order valence-corrected chi connectivity index (χ3v) is 13.6. The molecule has 0 heterocycles. The Balaban J connectivity index is 1.57. The number of hydrogen-bond donors (Lipinski definition) is 2. The van der Waals surface area contributed by atoms with Crippen molar-refractivity contribution in [3.63, 3.8) is 0 Å². The Hall–Kier alpha value is -0.340. The molecule has 182 valence electrons. The molecule has 0 aromatic carbocycles. The van der Waals surface area contributed by atoms with E-state index < -0.39 is 5.60 Å². The van der Waals surface area contributed by atoms with E-state index in [4.69, 9.17) is 0 Å². The lowest BCUT2D eigenvalue weighted by Gasteiger charge is -2.73. The van der Waals surface area contributed by atoms with Gasteiger partial charge in [-0.05, 0) is 122 Å². The topological polar surface area (TPSA) is 40.5 Å². The van der Waals surface area contributed by atoms with Crippen LogP contribution in [0.4, 0.5) is 0 Å². The van der Waals surface area contributed by atoms with Gasteiger partial charge in [-0.3, -0.25) is 0 Å². The van der Waals surface area contributed by atoms with Crippen molar-refractivity contribution < 1.29 is 10.2 Å². The first-order chi connectivity index (χ1) is 14.7. The molecule has 2 nitrogen and oxygen atoms in total. The number of fused-ring (bicyclic) bond motifs is 7. The van der Waals surface area contributed by atoms with Gasteiger partial charge in [0.15, 0.2) is 0 Å². The highest BCUT2D eigenvalue weighted by Crippen LogP contribution is 2.77. The van der Waals surface area contributed by atoms with E-state index in [-0.39, 0.29) is 22.3 Å². The Bertz CT molecular complexity index is 816. The van der Waals surface area contributed by atoms with Crippen molar-refractivity contribution in [1.29, 1.82) is 0 Å². The number of hydrogen-bond acceptors (Lipinski definition) is 2. The van der Waals surface area contributed by atoms with Crippen molar-refractivity contribution in [2.75, 3.05) is 0 Å². The van der Waals surface area contributed by atoms with Crippen molar-refractivity contribution in [2.45, 2.75) is 124 Å². The lowest BCUT2D eigenvalue weighted by molar-refractivity contribution is -0.253. The predicted molar refractivity (Wildman–Crippen MR) is 132 cm³/mol. The molecule has 0 aromatic heterocycles. The lowest BCUT2D eigenvalue weighted by Crippen LogP contribution is -2.67. The summed E-state index contributed by atoms with van der Waals surface area (Å²) in [5.41, 5.74) is 1.53. The van der Waals surface area contributed by atoms with Crippen molar-refractivity contribution in [3.05, 3.63) is 12.2 Å². The molecule has 5 aliphatic carbocycles. The minimum absolute atomic E-state index is 0.0167. The molecular formula is C30H50O2. The van der Waals surface area contributed by atoms with Gasteiger partial charge in [0, 0.05) is 5.92 Å². The highest BCUT2D eigenvalue weighted by atomic mass is 16.3. The first-order valence-electron chi connectivity index (χ1n) is 13.7. The second-order valence-electron chi connectivity index (χ2n) is 14.9. The van der Waals surface area contributed by atoms with Gasteiger partial charge in [-0.2, -0.15) is 0 Å². The van der Waals surface area contributed by atoms with Gasteiger partial charge in [-0.25, -0.2) is 0 Å². The van der Waals surface area contributed by atoms with Crippen LogP contribution in [0.5, 0.6) is 0 Å². The van der Waals surface area contributed by atoms with E-state index in [1.807, 2.05) is 0 Å². The van der Waals surface area contributed by atoms with Gasteiger partial charge in [0.2, 0.25) is 0 Å². The lowest BCUT2D eigenvalue weighted by atomic mass is 9.32. The van der Waals surface area contributed by atoms with Crippen molar-refractivity contribution >= 4 is 0 Å². The van der Waals surface area contributed by atoms with E-state index in [9.17, 15) is 10.2 Å². The monoisotopic (exact) mass is 442 g/mol. The Kier molecular flexibility index (Phi) is 4.87. The van der Waals surface area contributed by atoms with Crippen LogP contribution in [0.2, 0.25) is 0 Å². The second-order valence-corrected chi connectivity index (χ2v) is 14.9. The molecule has 5 saturated carbocycles. The highest BCUT2D eigenvalue weighted by Gasteiger charge is 2.72. The van der Waals surface area contributed by atoms with Gasteiger partial charge in [0.25, 0.3) is 0 Å². The van der Waals surface area contributed by atoms with Crippen LogP contribution in [0.1, 0.15) is 113 Å². The largest absolute Gasteiger partial charge is 0.393 e. The zero-order valence-electron chi connectivity index (χ0n) is 22.1. The van der Waals surface area contributed by atoms with Gasteiger partial charge >= 0.3 is 0 Å². The first-order valence-corrected chi connectivity index (χ1v) is 13.7. The molecule has 0 bridgehead atoms. The molecule has 0 unspecified atom stereocenters. The van der Waals surface area contributed by atoms with Crippen LogP contribution in [-0.2, 0) is 0 Å². The summed E-state index contributed by atoms with van der Waals surface area (Å²) in [6, 6.07) is 0. The highest BCUT2D eigenvalue weighted by molar-refractivity contribution is 5.26. The number of rotatable bonds is 1. The fourth-order valence-electron chi connectivity index (χ4n) is 11.5. The van der Waals surface area contributed by atoms with Crippen LogP contribution in [-0.4, -0.2) is 21.9 Å². The van der Waals surface area contributed by atoms with E-state index in [1.165, 1.54) is 44.9 Å². The molecular weight excluding hydrogens is 392 g/mol. The molecule has 5 fully saturated rings. The van der Waals surface area contributed by atoms with E-state index in [1.54, 1.807) is 0 Å². The molecule has 0 radical (unpaired) electrons. The van der Waals surface area contributed by atoms with Gasteiger partial charge in [0.1, 0.15) is 0 Å². The zero-order chi connectivity index (χ0) is 23.5. The van der Waals surface area contributed by atoms with Crippen LogP contribution < -0.4 is 0 Å². The van der Waals surface area contributed by atoms with E-state index in [2.05, 4.69) is 55.0 Å². The van der Waals surface area contributed by atoms with Crippen molar-refractivity contribution in [2.24, 2.45) is 50.7 Å². The van der Waals surface area contributed by atoms with Crippen molar-refractivity contribution in [3.8, 4) is 0 Å². The summed E-state index contributed by atoms with van der Waals surface area (Å²) in [5, 5.41) is 22.9. The molecule has 5 aliphatic rings. The Labute approximate surface area is 197 Å². The van der Waals surface area contributed by atoms with Crippen LogP contribution in [0.15, 0.2) is 12.2 Å². The standard InChI is InChI=1S/C30H50O2/c1-19(2)30(32)18-16-26(5)15-17-28(7)20(24(26)30)9-10-22-27(6)13-12-23(31)25(3,4)21(27)11-14-29(22,28)8/h20-24,31-32H,1,9-18H2,2-8H3/t20-,21+,22-,23+,24-,26-,27+,28-,29-,30+/m1/s1. The maximum atomic E-state index is 12.0. The molecule has 0 amide bonds. The maximum Gasteiger partial charge on any atom is 0.0887 e. The average molecular weight is 443 g/mol. The van der Waals surface area contributed by atoms with Crippen LogP contribution in [0.25, 0.3) is 0 Å². The van der Waals surface area contributed by atoms with Crippen LogP contribution >= 0.6 is 0 Å². The van der Waals surface area contributed by atoms with Crippen molar-refractivity contribution in [1.82, 2.24) is 0 Å². The molecule has 0 aliphatic heterocycles. The van der Waals surface area contributed by atoms with Gasteiger partial charge in [0.05, 0.1) is 11.7 Å². The molecule has 0 saturated heterocycles. The Morgan fingerprint density at radius 2 is 1.41 bits per heavy atom. The summed E-state index contributed by atoms with van der Waals surface area (Å²) in [6.07, 6.45) is 11.7. The van der Waals surface area contributed by atoms with Gasteiger partial charge in [-0.15, -0.1) is 0 Å². The van der Waals surface area contributed by atoms with E-state index >= 15 is 0 Å². The second kappa shape index (κ2) is 6.66. The normalized spacial score (nSPS) is 58.8.